The van der Waals surface area contributed by atoms with Crippen LogP contribution in [0.5, 0.6) is 0 Å². The molecule has 0 aliphatic heterocycles. The van der Waals surface area contributed by atoms with Gasteiger partial charge in [-0.2, -0.15) is 0 Å². The van der Waals surface area contributed by atoms with E-state index in [2.05, 4.69) is 5.32 Å². The van der Waals surface area contributed by atoms with Crippen LogP contribution >= 0.6 is 11.6 Å². The van der Waals surface area contributed by atoms with Crippen LogP contribution in [0.2, 0.25) is 5.02 Å². The molecule has 1 aliphatic carbocycles. The van der Waals surface area contributed by atoms with E-state index in [0.717, 1.165) is 31.2 Å². The summed E-state index contributed by atoms with van der Waals surface area (Å²) in [6, 6.07) is 5.37. The fraction of sp³-hybridized carbons (Fsp3) is 0.500. The van der Waals surface area contributed by atoms with Crippen molar-refractivity contribution in [3.63, 3.8) is 0 Å². The van der Waals surface area contributed by atoms with E-state index >= 15 is 0 Å². The smallest absolute Gasteiger partial charge is 0.252 e. The minimum absolute atomic E-state index is 0.218. The molecular formula is C14H18ClNO2. The molecule has 1 aliphatic rings. The van der Waals surface area contributed by atoms with E-state index in [9.17, 15) is 9.90 Å². The number of aryl methyl sites for hydroxylation is 1. The van der Waals surface area contributed by atoms with Crippen molar-refractivity contribution in [2.24, 2.45) is 0 Å². The van der Waals surface area contributed by atoms with Crippen molar-refractivity contribution in [1.82, 2.24) is 5.32 Å². The van der Waals surface area contributed by atoms with Crippen LogP contribution in [-0.4, -0.2) is 23.2 Å². The van der Waals surface area contributed by atoms with Crippen LogP contribution in [0, 0.1) is 6.92 Å². The van der Waals surface area contributed by atoms with Crippen LogP contribution in [0.15, 0.2) is 18.2 Å². The summed E-state index contributed by atoms with van der Waals surface area (Å²) in [4.78, 5) is 12.0. The fourth-order valence-electron chi connectivity index (χ4n) is 2.37. The molecule has 0 bridgehead atoms. The van der Waals surface area contributed by atoms with Crippen molar-refractivity contribution in [3.05, 3.63) is 34.3 Å². The molecule has 1 amide bonds. The number of carbonyl (C=O) groups excluding carboxylic acids is 1. The standard InChI is InChI=1S/C14H18ClNO2/c1-10-5-4-6-11(12(10)15)13(17)16-9-14(18)7-2-3-8-14/h4-6,18H,2-3,7-9H2,1H3,(H,16,17). The van der Waals surface area contributed by atoms with Crippen molar-refractivity contribution in [3.8, 4) is 0 Å². The first-order chi connectivity index (χ1) is 8.52. The van der Waals surface area contributed by atoms with E-state index in [1.165, 1.54) is 0 Å². The molecule has 0 spiro atoms. The minimum atomic E-state index is -0.730. The predicted octanol–water partition coefficient (Wildman–Crippen LogP) is 2.68. The first kappa shape index (κ1) is 13.4. The van der Waals surface area contributed by atoms with Crippen LogP contribution < -0.4 is 5.32 Å². The maximum Gasteiger partial charge on any atom is 0.252 e. The third-order valence-electron chi connectivity index (χ3n) is 3.55. The first-order valence-electron chi connectivity index (χ1n) is 6.27. The Morgan fingerprint density at radius 3 is 2.78 bits per heavy atom. The van der Waals surface area contributed by atoms with Crippen LogP contribution in [0.4, 0.5) is 0 Å². The zero-order valence-electron chi connectivity index (χ0n) is 10.5. The topological polar surface area (TPSA) is 49.3 Å². The molecule has 0 saturated heterocycles. The van der Waals surface area contributed by atoms with Gasteiger partial charge >= 0.3 is 0 Å². The maximum absolute atomic E-state index is 12.0. The SMILES string of the molecule is Cc1cccc(C(=O)NCC2(O)CCCC2)c1Cl. The second-order valence-corrected chi connectivity index (χ2v) is 5.43. The highest BCUT2D eigenvalue weighted by atomic mass is 35.5. The molecule has 1 fully saturated rings. The molecule has 2 rings (SSSR count). The van der Waals surface area contributed by atoms with Crippen molar-refractivity contribution >= 4 is 17.5 Å². The molecule has 3 nitrogen and oxygen atoms in total. The molecule has 1 aromatic carbocycles. The lowest BCUT2D eigenvalue weighted by Gasteiger charge is -2.22. The van der Waals surface area contributed by atoms with E-state index in [1.807, 2.05) is 13.0 Å². The van der Waals surface area contributed by atoms with Crippen LogP contribution in [-0.2, 0) is 0 Å². The minimum Gasteiger partial charge on any atom is -0.388 e. The molecule has 0 radical (unpaired) electrons. The summed E-state index contributed by atoms with van der Waals surface area (Å²) in [7, 11) is 0. The van der Waals surface area contributed by atoms with Gasteiger partial charge in [0.25, 0.3) is 5.91 Å². The van der Waals surface area contributed by atoms with Gasteiger partial charge in [0.15, 0.2) is 0 Å². The van der Waals surface area contributed by atoms with Crippen molar-refractivity contribution in [2.45, 2.75) is 38.2 Å². The Kier molecular flexibility index (Phi) is 3.93. The zero-order valence-corrected chi connectivity index (χ0v) is 11.3. The average molecular weight is 268 g/mol. The second kappa shape index (κ2) is 5.29. The van der Waals surface area contributed by atoms with E-state index in [4.69, 9.17) is 11.6 Å². The Bertz CT molecular complexity index is 453. The lowest BCUT2D eigenvalue weighted by molar-refractivity contribution is 0.0449. The first-order valence-corrected chi connectivity index (χ1v) is 6.65. The number of hydrogen-bond donors (Lipinski definition) is 2. The Labute approximate surface area is 112 Å². The Morgan fingerprint density at radius 2 is 2.11 bits per heavy atom. The molecule has 1 aromatic rings. The number of aliphatic hydroxyl groups is 1. The summed E-state index contributed by atoms with van der Waals surface area (Å²) in [6.07, 6.45) is 3.57. The molecule has 0 heterocycles. The number of benzene rings is 1. The van der Waals surface area contributed by atoms with Gasteiger partial charge in [-0.15, -0.1) is 0 Å². The van der Waals surface area contributed by atoms with Gasteiger partial charge in [0, 0.05) is 6.54 Å². The predicted molar refractivity (Wildman–Crippen MR) is 71.9 cm³/mol. The Balaban J connectivity index is 2.01. The summed E-state index contributed by atoms with van der Waals surface area (Å²) in [6.45, 7) is 2.17. The van der Waals surface area contributed by atoms with E-state index < -0.39 is 5.60 Å². The molecule has 0 atom stereocenters. The fourth-order valence-corrected chi connectivity index (χ4v) is 2.58. The van der Waals surface area contributed by atoms with Gasteiger partial charge in [0.05, 0.1) is 16.2 Å². The lowest BCUT2D eigenvalue weighted by atomic mass is 10.0. The maximum atomic E-state index is 12.0. The summed E-state index contributed by atoms with van der Waals surface area (Å²) in [5.41, 5.74) is 0.619. The third-order valence-corrected chi connectivity index (χ3v) is 4.05. The molecule has 1 saturated carbocycles. The number of rotatable bonds is 3. The molecule has 4 heteroatoms. The highest BCUT2D eigenvalue weighted by Gasteiger charge is 2.31. The van der Waals surface area contributed by atoms with Gasteiger partial charge in [-0.25, -0.2) is 0 Å². The van der Waals surface area contributed by atoms with E-state index in [-0.39, 0.29) is 5.91 Å². The molecule has 0 unspecified atom stereocenters. The molecular weight excluding hydrogens is 250 g/mol. The van der Waals surface area contributed by atoms with Crippen LogP contribution in [0.25, 0.3) is 0 Å². The molecule has 2 N–H and O–H groups in total. The van der Waals surface area contributed by atoms with Crippen molar-refractivity contribution in [1.29, 1.82) is 0 Å². The van der Waals surface area contributed by atoms with Gasteiger partial charge in [0.2, 0.25) is 0 Å². The summed E-state index contributed by atoms with van der Waals surface area (Å²) in [5, 5.41) is 13.4. The van der Waals surface area contributed by atoms with Crippen molar-refractivity contribution in [2.75, 3.05) is 6.54 Å². The number of halogens is 1. The lowest BCUT2D eigenvalue weighted by Crippen LogP contribution is -2.40. The molecule has 18 heavy (non-hydrogen) atoms. The monoisotopic (exact) mass is 267 g/mol. The zero-order chi connectivity index (χ0) is 13.2. The van der Waals surface area contributed by atoms with Gasteiger partial charge < -0.3 is 10.4 Å². The van der Waals surface area contributed by atoms with Crippen LogP contribution in [0.3, 0.4) is 0 Å². The number of hydrogen-bond acceptors (Lipinski definition) is 2. The van der Waals surface area contributed by atoms with Gasteiger partial charge in [-0.1, -0.05) is 36.6 Å². The van der Waals surface area contributed by atoms with Crippen LogP contribution in [0.1, 0.15) is 41.6 Å². The van der Waals surface area contributed by atoms with Gasteiger partial charge in [-0.3, -0.25) is 4.79 Å². The number of nitrogens with one attached hydrogen (secondary N) is 1. The third kappa shape index (κ3) is 2.85. The van der Waals surface area contributed by atoms with Crippen molar-refractivity contribution < 1.29 is 9.90 Å². The summed E-state index contributed by atoms with van der Waals surface area (Å²) < 4.78 is 0. The highest BCUT2D eigenvalue weighted by Crippen LogP contribution is 2.28. The largest absolute Gasteiger partial charge is 0.388 e. The summed E-state index contributed by atoms with van der Waals surface area (Å²) in [5.74, 6) is -0.218. The quantitative estimate of drug-likeness (QED) is 0.885. The van der Waals surface area contributed by atoms with E-state index in [1.54, 1.807) is 12.1 Å². The Morgan fingerprint density at radius 1 is 1.44 bits per heavy atom. The average Bonchev–Trinajstić information content (AvgIpc) is 2.77. The summed E-state index contributed by atoms with van der Waals surface area (Å²) >= 11 is 6.09. The number of carbonyl (C=O) groups is 1. The number of amides is 1. The van der Waals surface area contributed by atoms with Gasteiger partial charge in [-0.05, 0) is 31.4 Å². The molecule has 98 valence electrons. The Hall–Kier alpha value is -1.06. The highest BCUT2D eigenvalue weighted by molar-refractivity contribution is 6.34. The normalized spacial score (nSPS) is 17.7. The molecule has 0 aromatic heterocycles. The van der Waals surface area contributed by atoms with E-state index in [0.29, 0.717) is 17.1 Å². The van der Waals surface area contributed by atoms with Gasteiger partial charge in [0.1, 0.15) is 0 Å². The second-order valence-electron chi connectivity index (χ2n) is 5.05.